The third-order valence-corrected chi connectivity index (χ3v) is 2.07. The average Bonchev–Trinajstić information content (AvgIpc) is 2.23. The molecule has 2 amide bonds. The number of halogens is 1. The molecule has 0 rings (SSSR count). The number of carbonyl (C=O) groups excluding carboxylic acids is 2. The van der Waals surface area contributed by atoms with Gasteiger partial charge in [0.05, 0.1) is 0 Å². The molecule has 6 heteroatoms. The summed E-state index contributed by atoms with van der Waals surface area (Å²) in [7, 11) is 0. The van der Waals surface area contributed by atoms with Crippen molar-refractivity contribution in [3.8, 4) is 0 Å². The van der Waals surface area contributed by atoms with Gasteiger partial charge in [-0.3, -0.25) is 9.59 Å². The van der Waals surface area contributed by atoms with Crippen LogP contribution in [-0.4, -0.2) is 30.9 Å². The van der Waals surface area contributed by atoms with E-state index < -0.39 is 0 Å². The fourth-order valence-electron chi connectivity index (χ4n) is 1.11. The molecular formula is C11H24ClN3O2. The van der Waals surface area contributed by atoms with E-state index in [2.05, 4.69) is 10.6 Å². The molecule has 0 bridgehead atoms. The van der Waals surface area contributed by atoms with Gasteiger partial charge in [-0.05, 0) is 19.8 Å². The van der Waals surface area contributed by atoms with Gasteiger partial charge in [-0.1, -0.05) is 6.92 Å². The minimum Gasteiger partial charge on any atom is -0.356 e. The highest BCUT2D eigenvalue weighted by atomic mass is 35.5. The second-order valence-corrected chi connectivity index (χ2v) is 3.97. The zero-order chi connectivity index (χ0) is 12.4. The third kappa shape index (κ3) is 13.1. The Morgan fingerprint density at radius 2 is 1.59 bits per heavy atom. The summed E-state index contributed by atoms with van der Waals surface area (Å²) in [5, 5.41) is 5.45. The van der Waals surface area contributed by atoms with Gasteiger partial charge in [0.2, 0.25) is 11.8 Å². The van der Waals surface area contributed by atoms with E-state index in [4.69, 9.17) is 5.73 Å². The highest BCUT2D eigenvalue weighted by Gasteiger charge is 2.05. The van der Waals surface area contributed by atoms with E-state index in [0.717, 1.165) is 12.8 Å². The van der Waals surface area contributed by atoms with Crippen LogP contribution >= 0.6 is 12.4 Å². The Balaban J connectivity index is 0. The normalized spacial score (nSPS) is 11.2. The Labute approximate surface area is 109 Å². The molecule has 0 heterocycles. The molecule has 1 atom stereocenters. The van der Waals surface area contributed by atoms with Crippen LogP contribution in [0.4, 0.5) is 0 Å². The van der Waals surface area contributed by atoms with Crippen molar-refractivity contribution in [1.82, 2.24) is 10.6 Å². The molecule has 17 heavy (non-hydrogen) atoms. The molecule has 4 N–H and O–H groups in total. The number of amides is 2. The van der Waals surface area contributed by atoms with Crippen molar-refractivity contribution in [2.45, 2.75) is 45.6 Å². The number of nitrogens with one attached hydrogen (secondary N) is 2. The summed E-state index contributed by atoms with van der Waals surface area (Å²) in [4.78, 5) is 22.4. The summed E-state index contributed by atoms with van der Waals surface area (Å²) in [6.45, 7) is 5.13. The van der Waals surface area contributed by atoms with Crippen molar-refractivity contribution in [2.75, 3.05) is 13.1 Å². The summed E-state index contributed by atoms with van der Waals surface area (Å²) in [5.74, 6) is -0.156. The van der Waals surface area contributed by atoms with E-state index in [1.165, 1.54) is 0 Å². The zero-order valence-corrected chi connectivity index (χ0v) is 11.4. The Morgan fingerprint density at radius 1 is 1.12 bits per heavy atom. The molecule has 0 aliphatic carbocycles. The van der Waals surface area contributed by atoms with Crippen LogP contribution in [0.3, 0.4) is 0 Å². The maximum absolute atomic E-state index is 11.3. The quantitative estimate of drug-likeness (QED) is 0.600. The van der Waals surface area contributed by atoms with Crippen molar-refractivity contribution in [3.63, 3.8) is 0 Å². The lowest BCUT2D eigenvalue weighted by Gasteiger charge is -2.07. The van der Waals surface area contributed by atoms with Crippen LogP contribution in [0.2, 0.25) is 0 Å². The Kier molecular flexibility index (Phi) is 12.7. The predicted molar refractivity (Wildman–Crippen MR) is 71.1 cm³/mol. The molecule has 0 spiro atoms. The Bertz CT molecular complexity index is 223. The maximum Gasteiger partial charge on any atom is 0.220 e. The topological polar surface area (TPSA) is 84.2 Å². The van der Waals surface area contributed by atoms with Gasteiger partial charge < -0.3 is 16.4 Å². The van der Waals surface area contributed by atoms with Crippen LogP contribution in [0.15, 0.2) is 0 Å². The molecule has 1 unspecified atom stereocenters. The number of hydrogen-bond acceptors (Lipinski definition) is 3. The van der Waals surface area contributed by atoms with Crippen LogP contribution in [0.25, 0.3) is 0 Å². The van der Waals surface area contributed by atoms with E-state index in [0.29, 0.717) is 13.1 Å². The molecule has 0 saturated carbocycles. The lowest BCUT2D eigenvalue weighted by atomic mass is 10.2. The Morgan fingerprint density at radius 3 is 2.00 bits per heavy atom. The van der Waals surface area contributed by atoms with Crippen molar-refractivity contribution in [1.29, 1.82) is 0 Å². The summed E-state index contributed by atoms with van der Waals surface area (Å²) in [6.07, 6.45) is 2.17. The van der Waals surface area contributed by atoms with E-state index in [-0.39, 0.29) is 43.1 Å². The fraction of sp³-hybridized carbons (Fsp3) is 0.818. The summed E-state index contributed by atoms with van der Waals surface area (Å²) >= 11 is 0. The van der Waals surface area contributed by atoms with Gasteiger partial charge in [0.1, 0.15) is 0 Å². The van der Waals surface area contributed by atoms with Gasteiger partial charge in [0.25, 0.3) is 0 Å². The molecule has 0 aromatic rings. The van der Waals surface area contributed by atoms with E-state index in [1.54, 1.807) is 0 Å². The summed E-state index contributed by atoms with van der Waals surface area (Å²) in [6, 6.07) is 0.0909. The number of nitrogens with two attached hydrogens (primary N) is 1. The van der Waals surface area contributed by atoms with Gasteiger partial charge in [0.15, 0.2) is 0 Å². The molecule has 0 aliphatic heterocycles. The van der Waals surface area contributed by atoms with Gasteiger partial charge in [-0.25, -0.2) is 0 Å². The standard InChI is InChI=1S/C11H23N3O2.ClH/c1-3-7-13-10(15)4-5-11(16)14-8-6-9(2)12;/h9H,3-8,12H2,1-2H3,(H,13,15)(H,14,16);1H. The molecule has 102 valence electrons. The first-order valence-electron chi connectivity index (χ1n) is 5.85. The van der Waals surface area contributed by atoms with Crippen LogP contribution in [0.5, 0.6) is 0 Å². The SMILES string of the molecule is CCCNC(=O)CCC(=O)NCCC(C)N.Cl. The van der Waals surface area contributed by atoms with E-state index >= 15 is 0 Å². The third-order valence-electron chi connectivity index (χ3n) is 2.07. The van der Waals surface area contributed by atoms with Crippen molar-refractivity contribution < 1.29 is 9.59 Å². The molecule has 0 saturated heterocycles. The average molecular weight is 266 g/mol. The first-order chi connectivity index (χ1) is 7.56. The van der Waals surface area contributed by atoms with Crippen LogP contribution in [0, 0.1) is 0 Å². The van der Waals surface area contributed by atoms with Gasteiger partial charge in [-0.15, -0.1) is 12.4 Å². The monoisotopic (exact) mass is 265 g/mol. The molecular weight excluding hydrogens is 242 g/mol. The molecule has 0 aromatic carbocycles. The Hall–Kier alpha value is -0.810. The minimum atomic E-state index is -0.0905. The number of carbonyl (C=O) groups is 2. The van der Waals surface area contributed by atoms with Crippen LogP contribution in [-0.2, 0) is 9.59 Å². The predicted octanol–water partition coefficient (Wildman–Crippen LogP) is 0.568. The summed E-state index contributed by atoms with van der Waals surface area (Å²) < 4.78 is 0. The van der Waals surface area contributed by atoms with Gasteiger partial charge in [0, 0.05) is 32.0 Å². The summed E-state index contributed by atoms with van der Waals surface area (Å²) in [5.41, 5.74) is 5.54. The lowest BCUT2D eigenvalue weighted by Crippen LogP contribution is -2.30. The molecule has 0 aromatic heterocycles. The highest BCUT2D eigenvalue weighted by Crippen LogP contribution is 1.90. The largest absolute Gasteiger partial charge is 0.356 e. The van der Waals surface area contributed by atoms with Crippen molar-refractivity contribution in [3.05, 3.63) is 0 Å². The van der Waals surface area contributed by atoms with E-state index in [9.17, 15) is 9.59 Å². The highest BCUT2D eigenvalue weighted by molar-refractivity contribution is 5.85. The first-order valence-corrected chi connectivity index (χ1v) is 5.85. The smallest absolute Gasteiger partial charge is 0.220 e. The fourth-order valence-corrected chi connectivity index (χ4v) is 1.11. The second-order valence-electron chi connectivity index (χ2n) is 3.97. The minimum absolute atomic E-state index is 0. The first kappa shape index (κ1) is 18.6. The number of hydrogen-bond donors (Lipinski definition) is 3. The van der Waals surface area contributed by atoms with Gasteiger partial charge >= 0.3 is 0 Å². The van der Waals surface area contributed by atoms with Crippen LogP contribution in [0.1, 0.15) is 39.5 Å². The maximum atomic E-state index is 11.3. The lowest BCUT2D eigenvalue weighted by molar-refractivity contribution is -0.126. The number of rotatable bonds is 8. The van der Waals surface area contributed by atoms with Crippen LogP contribution < -0.4 is 16.4 Å². The molecule has 0 radical (unpaired) electrons. The van der Waals surface area contributed by atoms with Crippen molar-refractivity contribution >= 4 is 24.2 Å². The second kappa shape index (κ2) is 11.7. The van der Waals surface area contributed by atoms with Crippen molar-refractivity contribution in [2.24, 2.45) is 5.73 Å². The zero-order valence-electron chi connectivity index (χ0n) is 10.6. The molecule has 0 aliphatic rings. The van der Waals surface area contributed by atoms with E-state index in [1.807, 2.05) is 13.8 Å². The molecule has 0 fully saturated rings. The molecule has 5 nitrogen and oxygen atoms in total. The van der Waals surface area contributed by atoms with Gasteiger partial charge in [-0.2, -0.15) is 0 Å².